The third-order valence-electron chi connectivity index (χ3n) is 4.34. The number of halogens is 1. The Labute approximate surface area is 157 Å². The number of rotatable bonds is 6. The first-order valence-corrected chi connectivity index (χ1v) is 9.67. The van der Waals surface area contributed by atoms with E-state index >= 15 is 0 Å². The van der Waals surface area contributed by atoms with Crippen LogP contribution >= 0.6 is 0 Å². The van der Waals surface area contributed by atoms with Crippen molar-refractivity contribution in [2.24, 2.45) is 0 Å². The molecule has 0 fully saturated rings. The molecule has 1 nitrogen and oxygen atoms in total. The summed E-state index contributed by atoms with van der Waals surface area (Å²) in [5.41, 5.74) is 2.72. The first-order valence-electron chi connectivity index (χ1n) is 7.53. The molecular weight excluding hydrogens is 361 g/mol. The fourth-order valence-corrected chi connectivity index (χ4v) is 8.64. The second kappa shape index (κ2) is 9.90. The van der Waals surface area contributed by atoms with E-state index in [4.69, 9.17) is 4.43 Å². The van der Waals surface area contributed by atoms with E-state index in [0.29, 0.717) is 16.6 Å². The van der Waals surface area contributed by atoms with E-state index in [1.807, 2.05) is 18.2 Å². The first kappa shape index (κ1) is 24.1. The molecule has 121 valence electrons. The predicted octanol–water partition coefficient (Wildman–Crippen LogP) is 2.95. The van der Waals surface area contributed by atoms with E-state index in [-0.39, 0.29) is 31.9 Å². The first-order chi connectivity index (χ1) is 9.25. The third-order valence-corrected chi connectivity index (χ3v) is 10.3. The summed E-state index contributed by atoms with van der Waals surface area (Å²) in [7, 11) is -1.87. The maximum atomic E-state index is 6.63. The fourth-order valence-electron chi connectivity index (χ4n) is 3.40. The summed E-state index contributed by atoms with van der Waals surface area (Å²) < 4.78 is 6.63. The Balaban J connectivity index is 0. The SMILES string of the molecule is C=C[C]1C=CC(O[Si](C(C)C)(C(C)C)C(C)C)=CC1=C.[Cl-].[Zn]. The molecule has 0 heterocycles. The van der Waals surface area contributed by atoms with Gasteiger partial charge in [0.25, 0.3) is 8.32 Å². The van der Waals surface area contributed by atoms with Crippen molar-refractivity contribution in [2.75, 3.05) is 0 Å². The van der Waals surface area contributed by atoms with E-state index in [0.717, 1.165) is 17.3 Å². The van der Waals surface area contributed by atoms with Crippen LogP contribution in [0.3, 0.4) is 0 Å². The molecule has 0 unspecified atom stereocenters. The van der Waals surface area contributed by atoms with Gasteiger partial charge >= 0.3 is 0 Å². The molecule has 1 aliphatic carbocycles. The number of hydrogen-bond acceptors (Lipinski definition) is 1. The van der Waals surface area contributed by atoms with Crippen LogP contribution in [0.2, 0.25) is 16.6 Å². The van der Waals surface area contributed by atoms with Crippen molar-refractivity contribution in [1.29, 1.82) is 0 Å². The van der Waals surface area contributed by atoms with Gasteiger partial charge in [0, 0.05) is 25.4 Å². The molecule has 0 atom stereocenters. The van der Waals surface area contributed by atoms with Crippen molar-refractivity contribution in [2.45, 2.75) is 58.2 Å². The van der Waals surface area contributed by atoms with Crippen molar-refractivity contribution in [3.05, 3.63) is 54.7 Å². The Hall–Kier alpha value is -0.110. The van der Waals surface area contributed by atoms with E-state index < -0.39 is 8.32 Å². The maximum absolute atomic E-state index is 6.63. The van der Waals surface area contributed by atoms with Gasteiger partial charge in [-0.15, -0.1) is 6.58 Å². The number of allylic oxidation sites excluding steroid dienone is 5. The Morgan fingerprint density at radius 2 is 1.45 bits per heavy atom. The molecule has 1 aliphatic rings. The molecule has 22 heavy (non-hydrogen) atoms. The van der Waals surface area contributed by atoms with Crippen molar-refractivity contribution >= 4 is 8.32 Å². The monoisotopic (exact) mass is 388 g/mol. The largest absolute Gasteiger partial charge is 1.00 e. The third kappa shape index (κ3) is 4.94. The smallest absolute Gasteiger partial charge is 0.258 e. The zero-order chi connectivity index (χ0) is 15.5. The van der Waals surface area contributed by atoms with Gasteiger partial charge in [-0.05, 0) is 34.3 Å². The molecule has 4 heteroatoms. The van der Waals surface area contributed by atoms with Crippen LogP contribution in [0, 0.1) is 5.92 Å². The van der Waals surface area contributed by atoms with Gasteiger partial charge in [-0.3, -0.25) is 0 Å². The van der Waals surface area contributed by atoms with Gasteiger partial charge in [-0.2, -0.15) is 0 Å². The van der Waals surface area contributed by atoms with Gasteiger partial charge in [-0.1, -0.05) is 60.3 Å². The van der Waals surface area contributed by atoms with E-state index in [2.05, 4.69) is 60.8 Å². The van der Waals surface area contributed by atoms with Crippen molar-refractivity contribution < 1.29 is 36.3 Å². The second-order valence-corrected chi connectivity index (χ2v) is 11.9. The molecule has 0 aromatic carbocycles. The molecule has 0 saturated carbocycles. The maximum Gasteiger partial charge on any atom is 0.258 e. The molecule has 0 aliphatic heterocycles. The standard InChI is InChI=1S/C18H29OSi.ClH.Zn/c1-9-17-10-11-18(12-16(17)8)19-20(13(2)3,14(4)5)15(6)7;;/h9-15H,1,8H2,2-7H3;1H;/p-1. The van der Waals surface area contributed by atoms with Gasteiger partial charge in [0.15, 0.2) is 0 Å². The Kier molecular flexibility index (Phi) is 10.9. The zero-order valence-corrected chi connectivity index (χ0v) is 19.7. The minimum atomic E-state index is -1.87. The van der Waals surface area contributed by atoms with E-state index in [9.17, 15) is 0 Å². The molecule has 0 N–H and O–H groups in total. The average molecular weight is 390 g/mol. The summed E-state index contributed by atoms with van der Waals surface area (Å²) >= 11 is 0. The van der Waals surface area contributed by atoms with Gasteiger partial charge in [0.1, 0.15) is 5.76 Å². The Bertz CT molecular complexity index is 417. The molecule has 0 aromatic heterocycles. The van der Waals surface area contributed by atoms with Crippen LogP contribution in [0.25, 0.3) is 0 Å². The van der Waals surface area contributed by atoms with E-state index in [1.54, 1.807) is 0 Å². The van der Waals surface area contributed by atoms with Crippen LogP contribution in [0.5, 0.6) is 0 Å². The van der Waals surface area contributed by atoms with E-state index in [1.165, 1.54) is 0 Å². The quantitative estimate of drug-likeness (QED) is 0.634. The molecule has 1 radical (unpaired) electrons. The zero-order valence-electron chi connectivity index (χ0n) is 14.9. The van der Waals surface area contributed by atoms with Gasteiger partial charge in [0.05, 0.1) is 0 Å². The van der Waals surface area contributed by atoms with Crippen LogP contribution in [-0.2, 0) is 23.9 Å². The van der Waals surface area contributed by atoms with Gasteiger partial charge < -0.3 is 16.8 Å². The Morgan fingerprint density at radius 3 is 1.77 bits per heavy atom. The Morgan fingerprint density at radius 1 is 1.00 bits per heavy atom. The topological polar surface area (TPSA) is 9.23 Å². The fraction of sp³-hybridized carbons (Fsp3) is 0.500. The normalized spacial score (nSPS) is 15.5. The molecular formula is C18H29ClOSiZn-. The molecule has 0 bridgehead atoms. The van der Waals surface area contributed by atoms with Crippen LogP contribution < -0.4 is 12.4 Å². The predicted molar refractivity (Wildman–Crippen MR) is 91.9 cm³/mol. The molecule has 1 rings (SSSR count). The van der Waals surface area contributed by atoms with Crippen LogP contribution in [0.4, 0.5) is 0 Å². The van der Waals surface area contributed by atoms with Crippen LogP contribution in [0.1, 0.15) is 41.5 Å². The average Bonchev–Trinajstić information content (AvgIpc) is 2.34. The van der Waals surface area contributed by atoms with Crippen LogP contribution in [-0.4, -0.2) is 8.32 Å². The minimum absolute atomic E-state index is 0. The molecule has 0 aromatic rings. The molecule has 0 spiro atoms. The summed E-state index contributed by atoms with van der Waals surface area (Å²) in [6, 6.07) is 0. The molecule has 0 amide bonds. The summed E-state index contributed by atoms with van der Waals surface area (Å²) in [5.74, 6) is 2.03. The molecule has 0 saturated heterocycles. The summed E-state index contributed by atoms with van der Waals surface area (Å²) in [6.45, 7) is 21.7. The number of hydrogen-bond donors (Lipinski definition) is 0. The van der Waals surface area contributed by atoms with Crippen molar-refractivity contribution in [3.8, 4) is 0 Å². The minimum Gasteiger partial charge on any atom is -1.00 e. The van der Waals surface area contributed by atoms with Gasteiger partial charge in [0.2, 0.25) is 0 Å². The summed E-state index contributed by atoms with van der Waals surface area (Å²) in [4.78, 5) is 0. The van der Waals surface area contributed by atoms with Crippen molar-refractivity contribution in [3.63, 3.8) is 0 Å². The van der Waals surface area contributed by atoms with Crippen molar-refractivity contribution in [1.82, 2.24) is 0 Å². The van der Waals surface area contributed by atoms with Crippen LogP contribution in [0.15, 0.2) is 48.8 Å². The summed E-state index contributed by atoms with van der Waals surface area (Å²) in [6.07, 6.45) is 7.99. The summed E-state index contributed by atoms with van der Waals surface area (Å²) in [5, 5.41) is 0. The second-order valence-electron chi connectivity index (χ2n) is 6.48. The van der Waals surface area contributed by atoms with Gasteiger partial charge in [-0.25, -0.2) is 0 Å².